The van der Waals surface area contributed by atoms with E-state index in [0.717, 1.165) is 67.2 Å². The molecule has 2 fully saturated rings. The molecule has 0 unspecified atom stereocenters. The minimum Gasteiger partial charge on any atom is -0.369 e. The molecule has 2 aliphatic rings. The summed E-state index contributed by atoms with van der Waals surface area (Å²) in [5.41, 5.74) is 2.27. The van der Waals surface area contributed by atoms with E-state index in [9.17, 15) is 9.59 Å². The van der Waals surface area contributed by atoms with Gasteiger partial charge in [0.15, 0.2) is 5.16 Å². The van der Waals surface area contributed by atoms with Crippen LogP contribution in [0.5, 0.6) is 0 Å². The summed E-state index contributed by atoms with van der Waals surface area (Å²) in [5, 5.41) is 2.64. The third-order valence-electron chi connectivity index (χ3n) is 10.1. The number of ether oxygens (including phenoxy) is 1. The summed E-state index contributed by atoms with van der Waals surface area (Å²) in [6, 6.07) is 19.8. The van der Waals surface area contributed by atoms with E-state index in [2.05, 4.69) is 28.6 Å². The van der Waals surface area contributed by atoms with E-state index in [0.29, 0.717) is 35.8 Å². The number of benzene rings is 3. The first-order valence-corrected chi connectivity index (χ1v) is 19.9. The molecule has 1 aromatic heterocycles. The van der Waals surface area contributed by atoms with Crippen LogP contribution in [-0.2, 0) is 16.1 Å². The molecule has 0 radical (unpaired) electrons. The van der Waals surface area contributed by atoms with Crippen LogP contribution in [0.25, 0.3) is 21.7 Å². The molecule has 270 valence electrons. The molecule has 0 bridgehead atoms. The highest BCUT2D eigenvalue weighted by Crippen LogP contribution is 2.37. The number of likely N-dealkylation sites (tertiary alicyclic amines) is 1. The number of rotatable bonds is 15. The number of nitrogens with zero attached hydrogens (tertiary/aromatic N) is 5. The summed E-state index contributed by atoms with van der Waals surface area (Å²) < 4.78 is 7.57. The van der Waals surface area contributed by atoms with Crippen molar-refractivity contribution in [2.45, 2.75) is 75.7 Å². The second-order valence-corrected chi connectivity index (χ2v) is 14.8. The molecule has 4 aromatic rings. The predicted octanol–water partition coefficient (Wildman–Crippen LogP) is 6.98. The van der Waals surface area contributed by atoms with Crippen molar-refractivity contribution in [1.82, 2.24) is 24.3 Å². The second kappa shape index (κ2) is 18.7. The molecule has 2 aliphatic heterocycles. The summed E-state index contributed by atoms with van der Waals surface area (Å²) in [7, 11) is 0. The minimum atomic E-state index is -0.548. The number of carbonyl (C=O) groups is 1. The number of hydrogen-bond donors (Lipinski definition) is 0. The summed E-state index contributed by atoms with van der Waals surface area (Å²) in [5.74, 6) is 6.49. The SMILES string of the molecule is CCCCCN1CCN(CCCCOCC#Cc2cccc([C@@H](Sc3nc4cc5ccccc5cc4c(=O)n3CC)C(=O)N3CCCC3)c2)CC1. The maximum atomic E-state index is 14.1. The van der Waals surface area contributed by atoms with Crippen LogP contribution in [-0.4, -0.2) is 95.7 Å². The Bertz CT molecular complexity index is 1880. The zero-order valence-electron chi connectivity index (χ0n) is 30.4. The van der Waals surface area contributed by atoms with Gasteiger partial charge in [-0.15, -0.1) is 0 Å². The fourth-order valence-corrected chi connectivity index (χ4v) is 8.36. The largest absolute Gasteiger partial charge is 0.369 e. The van der Waals surface area contributed by atoms with Gasteiger partial charge in [-0.1, -0.05) is 79.8 Å². The Kier molecular flexibility index (Phi) is 13.6. The average Bonchev–Trinajstić information content (AvgIpc) is 3.70. The quantitative estimate of drug-likeness (QED) is 0.0434. The highest BCUT2D eigenvalue weighted by atomic mass is 32.2. The highest BCUT2D eigenvalue weighted by molar-refractivity contribution is 8.00. The zero-order valence-corrected chi connectivity index (χ0v) is 31.3. The molecule has 1 atom stereocenters. The third-order valence-corrected chi connectivity index (χ3v) is 11.4. The van der Waals surface area contributed by atoms with Crippen molar-refractivity contribution in [3.05, 3.63) is 82.1 Å². The number of aromatic nitrogens is 2. The first-order valence-electron chi connectivity index (χ1n) is 19.0. The van der Waals surface area contributed by atoms with E-state index in [1.165, 1.54) is 63.7 Å². The summed E-state index contributed by atoms with van der Waals surface area (Å²) in [4.78, 5) is 40.0. The first kappa shape index (κ1) is 37.1. The van der Waals surface area contributed by atoms with Gasteiger partial charge in [0, 0.05) is 58.0 Å². The van der Waals surface area contributed by atoms with Crippen molar-refractivity contribution < 1.29 is 9.53 Å². The fraction of sp³-hybridized carbons (Fsp3) is 0.500. The standard InChI is InChI=1S/C42H53N5O3S/c1-3-5-8-20-44-24-26-45(27-25-44)21-11-12-28-50-29-14-16-33-15-13-19-36(30-33)39(41(49)46-22-9-10-23-46)51-42-43-38-32-35-18-7-6-17-34(35)31-37(38)40(48)47(42)4-2/h6-7,13,15,17-19,30-32,39H,3-5,8-12,20-29H2,1-2H3/t39-/m1/s1. The molecule has 3 heterocycles. The Balaban J connectivity index is 1.08. The van der Waals surface area contributed by atoms with Crippen molar-refractivity contribution in [3.8, 4) is 11.8 Å². The van der Waals surface area contributed by atoms with Gasteiger partial charge < -0.3 is 19.4 Å². The smallest absolute Gasteiger partial charge is 0.262 e. The molecule has 9 heteroatoms. The molecule has 51 heavy (non-hydrogen) atoms. The van der Waals surface area contributed by atoms with Gasteiger partial charge in [-0.2, -0.15) is 0 Å². The van der Waals surface area contributed by atoms with Crippen molar-refractivity contribution in [2.24, 2.45) is 0 Å². The third kappa shape index (κ3) is 9.81. The molecule has 0 spiro atoms. The van der Waals surface area contributed by atoms with E-state index < -0.39 is 5.25 Å². The van der Waals surface area contributed by atoms with Gasteiger partial charge in [0.1, 0.15) is 11.9 Å². The lowest BCUT2D eigenvalue weighted by molar-refractivity contribution is -0.129. The number of thioether (sulfide) groups is 1. The average molecular weight is 708 g/mol. The number of amides is 1. The minimum absolute atomic E-state index is 0.0512. The Morgan fingerprint density at radius 2 is 1.57 bits per heavy atom. The van der Waals surface area contributed by atoms with Gasteiger partial charge in [0.25, 0.3) is 5.56 Å². The molecule has 0 aliphatic carbocycles. The van der Waals surface area contributed by atoms with Crippen LogP contribution in [0.15, 0.2) is 70.6 Å². The lowest BCUT2D eigenvalue weighted by Crippen LogP contribution is -2.46. The number of fused-ring (bicyclic) bond motifs is 2. The first-order chi connectivity index (χ1) is 25.0. The van der Waals surface area contributed by atoms with Gasteiger partial charge in [0.05, 0.1) is 10.9 Å². The maximum Gasteiger partial charge on any atom is 0.262 e. The van der Waals surface area contributed by atoms with Crippen LogP contribution in [0, 0.1) is 11.8 Å². The second-order valence-electron chi connectivity index (χ2n) is 13.8. The number of unbranched alkanes of at least 4 members (excludes halogenated alkanes) is 3. The highest BCUT2D eigenvalue weighted by Gasteiger charge is 2.30. The summed E-state index contributed by atoms with van der Waals surface area (Å²) >= 11 is 1.37. The lowest BCUT2D eigenvalue weighted by atomic mass is 10.1. The molecule has 8 nitrogen and oxygen atoms in total. The van der Waals surface area contributed by atoms with Crippen molar-refractivity contribution in [1.29, 1.82) is 0 Å². The van der Waals surface area contributed by atoms with Crippen LogP contribution in [0.4, 0.5) is 0 Å². The normalized spacial score (nSPS) is 16.1. The van der Waals surface area contributed by atoms with Crippen LogP contribution in [0.3, 0.4) is 0 Å². The van der Waals surface area contributed by atoms with E-state index in [1.54, 1.807) is 4.57 Å². The molecular formula is C42H53N5O3S. The number of piperazine rings is 1. The number of carbonyl (C=O) groups excluding carboxylic acids is 1. The Morgan fingerprint density at radius 3 is 2.27 bits per heavy atom. The predicted molar refractivity (Wildman–Crippen MR) is 209 cm³/mol. The van der Waals surface area contributed by atoms with Gasteiger partial charge in [-0.3, -0.25) is 14.2 Å². The molecule has 0 N–H and O–H groups in total. The summed E-state index contributed by atoms with van der Waals surface area (Å²) in [6.45, 7) is 14.4. The van der Waals surface area contributed by atoms with Crippen molar-refractivity contribution >= 4 is 39.3 Å². The lowest BCUT2D eigenvalue weighted by Gasteiger charge is -2.34. The maximum absolute atomic E-state index is 14.1. The van der Waals surface area contributed by atoms with Gasteiger partial charge >= 0.3 is 0 Å². The molecule has 6 rings (SSSR count). The molecule has 2 saturated heterocycles. The zero-order chi connectivity index (χ0) is 35.4. The molecule has 3 aromatic carbocycles. The van der Waals surface area contributed by atoms with Crippen LogP contribution >= 0.6 is 11.8 Å². The van der Waals surface area contributed by atoms with Crippen molar-refractivity contribution in [2.75, 3.05) is 65.6 Å². The molecular weight excluding hydrogens is 655 g/mol. The Morgan fingerprint density at radius 1 is 0.863 bits per heavy atom. The Hall–Kier alpha value is -3.68. The number of hydrogen-bond acceptors (Lipinski definition) is 7. The van der Waals surface area contributed by atoms with Crippen molar-refractivity contribution in [3.63, 3.8) is 0 Å². The van der Waals surface area contributed by atoms with Crippen LogP contribution < -0.4 is 5.56 Å². The fourth-order valence-electron chi connectivity index (χ4n) is 7.13. The Labute approximate surface area is 307 Å². The molecule has 1 amide bonds. The van der Waals surface area contributed by atoms with E-state index in [4.69, 9.17) is 9.72 Å². The van der Waals surface area contributed by atoms with Gasteiger partial charge in [0.2, 0.25) is 5.91 Å². The summed E-state index contributed by atoms with van der Waals surface area (Å²) in [6.07, 6.45) is 8.14. The van der Waals surface area contributed by atoms with Gasteiger partial charge in [-0.05, 0) is 92.7 Å². The van der Waals surface area contributed by atoms with Crippen LogP contribution in [0.1, 0.15) is 75.2 Å². The monoisotopic (exact) mass is 707 g/mol. The topological polar surface area (TPSA) is 70.9 Å². The van der Waals surface area contributed by atoms with Gasteiger partial charge in [-0.25, -0.2) is 4.98 Å². The van der Waals surface area contributed by atoms with E-state index >= 15 is 0 Å². The molecule has 0 saturated carbocycles. The van der Waals surface area contributed by atoms with E-state index in [-0.39, 0.29) is 11.5 Å². The van der Waals surface area contributed by atoms with Crippen LogP contribution in [0.2, 0.25) is 0 Å². The van der Waals surface area contributed by atoms with E-state index in [1.807, 2.05) is 72.5 Å².